The fourth-order valence-electron chi connectivity index (χ4n) is 2.99. The zero-order valence-electron chi connectivity index (χ0n) is 13.9. The van der Waals surface area contributed by atoms with Gasteiger partial charge in [0.05, 0.1) is 15.7 Å². The highest BCUT2D eigenvalue weighted by atomic mass is 32.2. The van der Waals surface area contributed by atoms with E-state index in [2.05, 4.69) is 0 Å². The van der Waals surface area contributed by atoms with E-state index in [0.29, 0.717) is 32.6 Å². The quantitative estimate of drug-likeness (QED) is 0.905. The molecule has 6 nitrogen and oxygen atoms in total. The molecule has 1 N–H and O–H groups in total. The molecule has 1 amide bonds. The molecule has 2 aliphatic rings. The number of hydrogen-bond acceptors (Lipinski definition) is 5. The lowest BCUT2D eigenvalue weighted by Gasteiger charge is -2.34. The van der Waals surface area contributed by atoms with Crippen LogP contribution in [0.1, 0.15) is 25.0 Å². The van der Waals surface area contributed by atoms with Gasteiger partial charge >= 0.3 is 6.09 Å². The van der Waals surface area contributed by atoms with E-state index in [1.807, 2.05) is 38.1 Å². The van der Waals surface area contributed by atoms with Crippen LogP contribution in [-0.2, 0) is 22.0 Å². The van der Waals surface area contributed by atoms with E-state index < -0.39 is 16.4 Å². The first kappa shape index (κ1) is 17.1. The second-order valence-electron chi connectivity index (χ2n) is 6.67. The summed E-state index contributed by atoms with van der Waals surface area (Å²) in [5.41, 5.74) is 1.31. The molecule has 3 rings (SSSR count). The fourth-order valence-corrected chi connectivity index (χ4v) is 4.02. The van der Waals surface area contributed by atoms with Crippen LogP contribution in [0.15, 0.2) is 28.5 Å². The lowest BCUT2D eigenvalue weighted by atomic mass is 9.94. The van der Waals surface area contributed by atoms with E-state index in [1.165, 1.54) is 5.06 Å². The van der Waals surface area contributed by atoms with Gasteiger partial charge in [0.25, 0.3) is 0 Å². The minimum Gasteiger partial charge on any atom is -0.443 e. The van der Waals surface area contributed by atoms with Gasteiger partial charge < -0.3 is 14.8 Å². The van der Waals surface area contributed by atoms with Crippen molar-refractivity contribution in [2.24, 2.45) is 0 Å². The number of carbonyl (C=O) groups excluding carboxylic acids is 1. The number of nitrogens with zero attached hydrogens (tertiary/aromatic N) is 2. The summed E-state index contributed by atoms with van der Waals surface area (Å²) in [5.74, 6) is 0. The van der Waals surface area contributed by atoms with E-state index >= 15 is 0 Å². The summed E-state index contributed by atoms with van der Waals surface area (Å²) in [7, 11) is -1.08. The Morgan fingerprint density at radius 2 is 2.00 bits per heavy atom. The molecule has 130 valence electrons. The molecule has 0 bridgehead atoms. The molecule has 0 aromatic heterocycles. The zero-order valence-corrected chi connectivity index (χ0v) is 14.7. The van der Waals surface area contributed by atoms with Crippen LogP contribution in [0.2, 0.25) is 0 Å². The SMILES string of the molecule is CC(C)(Cc1cccc2c1C=CS2=O)OC(=O)N1CCN(O)CC1. The van der Waals surface area contributed by atoms with Crippen LogP contribution in [0.3, 0.4) is 0 Å². The van der Waals surface area contributed by atoms with Gasteiger partial charge in [-0.3, -0.25) is 0 Å². The first-order chi connectivity index (χ1) is 11.4. The van der Waals surface area contributed by atoms with Gasteiger partial charge in [-0.1, -0.05) is 12.1 Å². The summed E-state index contributed by atoms with van der Waals surface area (Å²) < 4.78 is 17.6. The zero-order chi connectivity index (χ0) is 17.3. The van der Waals surface area contributed by atoms with Gasteiger partial charge in [-0.15, -0.1) is 0 Å². The highest BCUT2D eigenvalue weighted by Gasteiger charge is 2.30. The minimum absolute atomic E-state index is 0.361. The van der Waals surface area contributed by atoms with Crippen molar-refractivity contribution >= 4 is 23.0 Å². The number of amides is 1. The number of benzene rings is 1. The van der Waals surface area contributed by atoms with Crippen molar-refractivity contribution in [2.45, 2.75) is 30.8 Å². The van der Waals surface area contributed by atoms with Crippen LogP contribution in [0.5, 0.6) is 0 Å². The van der Waals surface area contributed by atoms with Crippen molar-refractivity contribution in [3.63, 3.8) is 0 Å². The molecule has 1 fully saturated rings. The molecular weight excluding hydrogens is 328 g/mol. The van der Waals surface area contributed by atoms with Gasteiger partial charge in [0.1, 0.15) is 5.60 Å². The van der Waals surface area contributed by atoms with E-state index in [4.69, 9.17) is 4.74 Å². The summed E-state index contributed by atoms with van der Waals surface area (Å²) in [6, 6.07) is 5.73. The maximum atomic E-state index is 12.3. The fraction of sp³-hybridized carbons (Fsp3) is 0.471. The predicted molar refractivity (Wildman–Crippen MR) is 91.1 cm³/mol. The molecule has 2 heterocycles. The molecule has 2 aliphatic heterocycles. The largest absolute Gasteiger partial charge is 0.443 e. The van der Waals surface area contributed by atoms with Crippen molar-refractivity contribution < 1.29 is 18.9 Å². The third kappa shape index (κ3) is 3.68. The van der Waals surface area contributed by atoms with Gasteiger partial charge in [-0.2, -0.15) is 5.06 Å². The average Bonchev–Trinajstić information content (AvgIpc) is 2.90. The van der Waals surface area contributed by atoms with Crippen molar-refractivity contribution in [3.05, 3.63) is 34.7 Å². The van der Waals surface area contributed by atoms with Crippen molar-refractivity contribution in [3.8, 4) is 0 Å². The minimum atomic E-state index is -1.08. The van der Waals surface area contributed by atoms with E-state index in [-0.39, 0.29) is 6.09 Å². The number of hydroxylamine groups is 2. The second-order valence-corrected chi connectivity index (χ2v) is 7.98. The molecule has 1 aromatic rings. The number of ether oxygens (including phenoxy) is 1. The lowest BCUT2D eigenvalue weighted by Crippen LogP contribution is -2.49. The molecule has 1 atom stereocenters. The lowest BCUT2D eigenvalue weighted by molar-refractivity contribution is -0.116. The van der Waals surface area contributed by atoms with Crippen LogP contribution in [-0.4, -0.2) is 57.3 Å². The van der Waals surface area contributed by atoms with Gasteiger partial charge in [0, 0.05) is 38.0 Å². The Labute approximate surface area is 144 Å². The predicted octanol–water partition coefficient (Wildman–Crippen LogP) is 2.24. The van der Waals surface area contributed by atoms with Crippen molar-refractivity contribution in [2.75, 3.05) is 26.2 Å². The molecule has 1 unspecified atom stereocenters. The third-order valence-corrected chi connectivity index (χ3v) is 5.40. The molecule has 1 saturated heterocycles. The Morgan fingerprint density at radius 3 is 2.71 bits per heavy atom. The standard InChI is InChI=1S/C17H22N2O4S/c1-17(2,23-16(20)18-7-9-19(21)10-8-18)12-13-4-3-5-15-14(13)6-11-24(15)22/h3-6,11,21H,7-10,12H2,1-2H3. The first-order valence-corrected chi connectivity index (χ1v) is 9.19. The molecule has 0 spiro atoms. The van der Waals surface area contributed by atoms with Gasteiger partial charge in [-0.05, 0) is 37.1 Å². The normalized spacial score (nSPS) is 21.0. The van der Waals surface area contributed by atoms with Gasteiger partial charge in [0.2, 0.25) is 0 Å². The van der Waals surface area contributed by atoms with Gasteiger partial charge in [-0.25, -0.2) is 9.00 Å². The number of piperazine rings is 1. The summed E-state index contributed by atoms with van der Waals surface area (Å²) in [5, 5.41) is 12.3. The number of carbonyl (C=O) groups is 1. The maximum Gasteiger partial charge on any atom is 0.410 e. The highest BCUT2D eigenvalue weighted by molar-refractivity contribution is 7.88. The highest BCUT2D eigenvalue weighted by Crippen LogP contribution is 2.30. The third-order valence-electron chi connectivity index (χ3n) is 4.23. The number of fused-ring (bicyclic) bond motifs is 1. The smallest absolute Gasteiger partial charge is 0.410 e. The second kappa shape index (κ2) is 6.66. The van der Waals surface area contributed by atoms with E-state index in [0.717, 1.165) is 16.0 Å². The van der Waals surface area contributed by atoms with Crippen molar-refractivity contribution in [1.29, 1.82) is 0 Å². The Kier molecular flexibility index (Phi) is 4.76. The Hall–Kier alpha value is -1.70. The van der Waals surface area contributed by atoms with Crippen LogP contribution in [0, 0.1) is 0 Å². The van der Waals surface area contributed by atoms with Crippen LogP contribution >= 0.6 is 0 Å². The Balaban J connectivity index is 1.67. The van der Waals surface area contributed by atoms with Crippen LogP contribution in [0.4, 0.5) is 4.79 Å². The van der Waals surface area contributed by atoms with E-state index in [9.17, 15) is 14.2 Å². The van der Waals surface area contributed by atoms with Gasteiger partial charge in [0.15, 0.2) is 0 Å². The first-order valence-electron chi connectivity index (χ1n) is 7.98. The topological polar surface area (TPSA) is 70.1 Å². The number of hydrogen-bond donors (Lipinski definition) is 1. The molecule has 24 heavy (non-hydrogen) atoms. The molecule has 0 saturated carbocycles. The summed E-state index contributed by atoms with van der Waals surface area (Å²) in [6.07, 6.45) is 2.06. The summed E-state index contributed by atoms with van der Waals surface area (Å²) in [4.78, 5) is 14.8. The molecule has 7 heteroatoms. The van der Waals surface area contributed by atoms with Crippen LogP contribution < -0.4 is 0 Å². The molecule has 0 aliphatic carbocycles. The maximum absolute atomic E-state index is 12.3. The van der Waals surface area contributed by atoms with Crippen LogP contribution in [0.25, 0.3) is 6.08 Å². The summed E-state index contributed by atoms with van der Waals surface area (Å²) in [6.45, 7) is 5.52. The summed E-state index contributed by atoms with van der Waals surface area (Å²) >= 11 is 0. The van der Waals surface area contributed by atoms with E-state index in [1.54, 1.807) is 10.3 Å². The Bertz CT molecular complexity index is 694. The monoisotopic (exact) mass is 350 g/mol. The average molecular weight is 350 g/mol. The number of rotatable bonds is 3. The molecular formula is C17H22N2O4S. The molecule has 0 radical (unpaired) electrons. The molecule has 1 aromatic carbocycles. The van der Waals surface area contributed by atoms with Crippen molar-refractivity contribution in [1.82, 2.24) is 9.96 Å². The Morgan fingerprint density at radius 1 is 1.29 bits per heavy atom.